The number of rotatable bonds is 1. The zero-order valence-electron chi connectivity index (χ0n) is 6.12. The van der Waals surface area contributed by atoms with Crippen LogP contribution >= 0.6 is 0 Å². The number of ether oxygens (including phenoxy) is 1. The lowest BCUT2D eigenvalue weighted by Crippen LogP contribution is -2.53. The summed E-state index contributed by atoms with van der Waals surface area (Å²) in [5.41, 5.74) is 0. The van der Waals surface area contributed by atoms with Crippen molar-refractivity contribution >= 4 is 11.1 Å². The average molecular weight is 214 g/mol. The third kappa shape index (κ3) is 0.844. The fourth-order valence-electron chi connectivity index (χ4n) is 1.47. The Morgan fingerprint density at radius 3 is 2.15 bits per heavy atom. The van der Waals surface area contributed by atoms with Crippen LogP contribution in [0.4, 0.5) is 13.2 Å². The van der Waals surface area contributed by atoms with Gasteiger partial charge in [-0.25, -0.2) is 8.60 Å². The Morgan fingerprint density at radius 2 is 1.85 bits per heavy atom. The molecule has 2 bridgehead atoms. The smallest absolute Gasteiger partial charge is 0.327 e. The summed E-state index contributed by atoms with van der Waals surface area (Å²) in [5, 5.41) is -3.51. The van der Waals surface area contributed by atoms with Gasteiger partial charge in [-0.05, 0) is 0 Å². The van der Waals surface area contributed by atoms with Crippen molar-refractivity contribution in [3.05, 3.63) is 12.2 Å². The second-order valence-corrected chi connectivity index (χ2v) is 3.97. The van der Waals surface area contributed by atoms with E-state index < -0.39 is 34.2 Å². The van der Waals surface area contributed by atoms with E-state index in [1.807, 2.05) is 0 Å². The van der Waals surface area contributed by atoms with Gasteiger partial charge in [-0.2, -0.15) is 8.78 Å². The first-order valence-electron chi connectivity index (χ1n) is 3.42. The van der Waals surface area contributed by atoms with Crippen LogP contribution in [0.15, 0.2) is 12.2 Å². The number of alkyl halides is 3. The highest BCUT2D eigenvalue weighted by molar-refractivity contribution is 7.80. The van der Waals surface area contributed by atoms with Crippen LogP contribution in [0.3, 0.4) is 0 Å². The maximum absolute atomic E-state index is 13.4. The minimum absolute atomic E-state index is 0.995. The first kappa shape index (κ1) is 9.17. The van der Waals surface area contributed by atoms with Gasteiger partial charge in [0.05, 0.1) is 0 Å². The van der Waals surface area contributed by atoms with Crippen molar-refractivity contribution in [2.45, 2.75) is 23.1 Å². The van der Waals surface area contributed by atoms with E-state index in [-0.39, 0.29) is 0 Å². The highest BCUT2D eigenvalue weighted by Gasteiger charge is 2.75. The first-order valence-corrected chi connectivity index (χ1v) is 4.53. The molecule has 0 aromatic carbocycles. The minimum Gasteiger partial charge on any atom is -0.356 e. The van der Waals surface area contributed by atoms with Crippen LogP contribution in [0.25, 0.3) is 0 Å². The Labute approximate surface area is 73.9 Å². The molecule has 2 heterocycles. The lowest BCUT2D eigenvalue weighted by molar-refractivity contribution is -0.0896. The number of hydrogen-bond donors (Lipinski definition) is 1. The van der Waals surface area contributed by atoms with Crippen LogP contribution in [0, 0.1) is 0 Å². The van der Waals surface area contributed by atoms with E-state index in [4.69, 9.17) is 4.55 Å². The number of halogens is 3. The molecule has 74 valence electrons. The molecule has 7 heteroatoms. The molecule has 1 fully saturated rings. The van der Waals surface area contributed by atoms with Gasteiger partial charge < -0.3 is 9.29 Å². The van der Waals surface area contributed by atoms with Crippen molar-refractivity contribution in [1.82, 2.24) is 0 Å². The molecule has 13 heavy (non-hydrogen) atoms. The van der Waals surface area contributed by atoms with Crippen LogP contribution in [0.5, 0.6) is 0 Å². The highest BCUT2D eigenvalue weighted by atomic mass is 32.2. The Bertz CT molecular complexity index is 305. The van der Waals surface area contributed by atoms with Crippen molar-refractivity contribution in [1.29, 1.82) is 0 Å². The van der Waals surface area contributed by atoms with Crippen LogP contribution in [-0.2, 0) is 15.8 Å². The predicted octanol–water partition coefficient (Wildman–Crippen LogP) is 0.846. The Morgan fingerprint density at radius 1 is 1.31 bits per heavy atom. The third-order valence-electron chi connectivity index (χ3n) is 2.19. The predicted molar refractivity (Wildman–Crippen MR) is 37.4 cm³/mol. The molecule has 3 nitrogen and oxygen atoms in total. The van der Waals surface area contributed by atoms with Gasteiger partial charge in [0.2, 0.25) is 11.1 Å². The zero-order chi connectivity index (χ0) is 9.85. The monoisotopic (exact) mass is 214 g/mol. The largest absolute Gasteiger partial charge is 0.356 e. The summed E-state index contributed by atoms with van der Waals surface area (Å²) in [6.07, 6.45) is -1.32. The fourth-order valence-corrected chi connectivity index (χ4v) is 2.15. The molecule has 0 radical (unpaired) electrons. The third-order valence-corrected chi connectivity index (χ3v) is 3.20. The minimum atomic E-state index is -3.94. The highest BCUT2D eigenvalue weighted by Crippen LogP contribution is 2.52. The second kappa shape index (κ2) is 2.34. The van der Waals surface area contributed by atoms with E-state index in [0.717, 1.165) is 12.2 Å². The molecule has 1 N–H and O–H groups in total. The standard InChI is InChI=1S/C6H5F3O3S/c7-5(8)3-1-2-4(12-3)6(5,9)13(10)11/h1-4H,(H,10,11). The molecule has 2 rings (SSSR count). The summed E-state index contributed by atoms with van der Waals surface area (Å²) in [6, 6.07) is 0. The molecule has 0 aromatic rings. The lowest BCUT2D eigenvalue weighted by atomic mass is 10.0. The molecule has 4 atom stereocenters. The maximum atomic E-state index is 13.4. The molecule has 1 saturated heterocycles. The lowest BCUT2D eigenvalue weighted by Gasteiger charge is -2.27. The summed E-state index contributed by atoms with van der Waals surface area (Å²) in [5.74, 6) is -3.94. The number of fused-ring (bicyclic) bond motifs is 2. The summed E-state index contributed by atoms with van der Waals surface area (Å²) in [7, 11) is 0. The Balaban J connectivity index is 2.50. The average Bonchev–Trinajstić information content (AvgIpc) is 2.54. The molecule has 0 amide bonds. The molecule has 2 aliphatic heterocycles. The molecular weight excluding hydrogens is 209 g/mol. The second-order valence-electron chi connectivity index (χ2n) is 2.88. The number of hydrogen-bond acceptors (Lipinski definition) is 2. The van der Waals surface area contributed by atoms with Crippen LogP contribution < -0.4 is 0 Å². The van der Waals surface area contributed by atoms with E-state index in [2.05, 4.69) is 4.74 Å². The Hall–Kier alpha value is -0.400. The topological polar surface area (TPSA) is 46.5 Å². The van der Waals surface area contributed by atoms with Gasteiger partial charge in [0.1, 0.15) is 12.2 Å². The van der Waals surface area contributed by atoms with E-state index in [1.165, 1.54) is 0 Å². The normalized spacial score (nSPS) is 48.3. The van der Waals surface area contributed by atoms with Gasteiger partial charge in [-0.15, -0.1) is 0 Å². The summed E-state index contributed by atoms with van der Waals surface area (Å²) in [4.78, 5) is 0. The van der Waals surface area contributed by atoms with Gasteiger partial charge in [-0.1, -0.05) is 12.2 Å². The van der Waals surface area contributed by atoms with Crippen molar-refractivity contribution in [2.75, 3.05) is 0 Å². The fraction of sp³-hybridized carbons (Fsp3) is 0.667. The zero-order valence-corrected chi connectivity index (χ0v) is 6.93. The van der Waals surface area contributed by atoms with Gasteiger partial charge in [-0.3, -0.25) is 0 Å². The van der Waals surface area contributed by atoms with Crippen molar-refractivity contribution in [2.24, 2.45) is 0 Å². The van der Waals surface area contributed by atoms with E-state index in [0.29, 0.717) is 0 Å². The summed E-state index contributed by atoms with van der Waals surface area (Å²) < 4.78 is 62.9. The van der Waals surface area contributed by atoms with Crippen LogP contribution in [0.2, 0.25) is 0 Å². The van der Waals surface area contributed by atoms with Crippen molar-refractivity contribution in [3.8, 4) is 0 Å². The summed E-state index contributed by atoms with van der Waals surface area (Å²) >= 11 is -3.27. The molecule has 2 aliphatic rings. The first-order chi connectivity index (χ1) is 5.90. The van der Waals surface area contributed by atoms with Gasteiger partial charge in [0.15, 0.2) is 0 Å². The molecule has 0 spiro atoms. The summed E-state index contributed by atoms with van der Waals surface area (Å²) in [6.45, 7) is 0. The van der Waals surface area contributed by atoms with Crippen molar-refractivity contribution < 1.29 is 26.7 Å². The SMILES string of the molecule is O=S(O)C1(F)C2C=CC(O2)C1(F)F. The quantitative estimate of drug-likeness (QED) is 0.520. The van der Waals surface area contributed by atoms with E-state index in [9.17, 15) is 17.4 Å². The van der Waals surface area contributed by atoms with Crippen LogP contribution in [-0.4, -0.2) is 31.9 Å². The molecule has 4 unspecified atom stereocenters. The van der Waals surface area contributed by atoms with Gasteiger partial charge >= 0.3 is 10.9 Å². The molecule has 0 aromatic heterocycles. The van der Waals surface area contributed by atoms with E-state index in [1.54, 1.807) is 0 Å². The van der Waals surface area contributed by atoms with Gasteiger partial charge in [0.25, 0.3) is 0 Å². The Kier molecular flexibility index (Phi) is 1.65. The van der Waals surface area contributed by atoms with Crippen LogP contribution in [0.1, 0.15) is 0 Å². The molecule has 0 aliphatic carbocycles. The maximum Gasteiger partial charge on any atom is 0.327 e. The molecular formula is C6H5F3O3S. The van der Waals surface area contributed by atoms with Crippen molar-refractivity contribution in [3.63, 3.8) is 0 Å². The van der Waals surface area contributed by atoms with Gasteiger partial charge in [0, 0.05) is 0 Å². The van der Waals surface area contributed by atoms with E-state index >= 15 is 0 Å². The molecule has 0 saturated carbocycles.